The van der Waals surface area contributed by atoms with Crippen molar-refractivity contribution in [1.82, 2.24) is 10.2 Å². The van der Waals surface area contributed by atoms with E-state index in [0.717, 1.165) is 12.0 Å². The van der Waals surface area contributed by atoms with E-state index < -0.39 is 0 Å². The Bertz CT molecular complexity index is 338. The molecule has 1 heterocycles. The van der Waals surface area contributed by atoms with Gasteiger partial charge in [-0.15, -0.1) is 0 Å². The van der Waals surface area contributed by atoms with Crippen molar-refractivity contribution in [1.29, 1.82) is 0 Å². The minimum atomic E-state index is 0.0332. The summed E-state index contributed by atoms with van der Waals surface area (Å²) >= 11 is 0. The van der Waals surface area contributed by atoms with Gasteiger partial charge in [0.2, 0.25) is 6.41 Å². The predicted octanol–water partition coefficient (Wildman–Crippen LogP) is 1.54. The van der Waals surface area contributed by atoms with Crippen LogP contribution in [0.4, 0.5) is 0 Å². The van der Waals surface area contributed by atoms with E-state index in [2.05, 4.69) is 10.1 Å². The second-order valence-electron chi connectivity index (χ2n) is 2.94. The Balaban J connectivity index is 2.92. The fourth-order valence-corrected chi connectivity index (χ4v) is 1.18. The fraction of sp³-hybridized carbons (Fsp3) is 0.300. The molecule has 1 amide bonds. The maximum absolute atomic E-state index is 10.8. The first-order chi connectivity index (χ1) is 7.27. The Hall–Kier alpha value is -1.75. The molecule has 5 nitrogen and oxygen atoms in total. The third-order valence-electron chi connectivity index (χ3n) is 1.81. The van der Waals surface area contributed by atoms with Crippen molar-refractivity contribution >= 4 is 12.1 Å². The number of aromatic nitrogens is 1. The van der Waals surface area contributed by atoms with Gasteiger partial charge in [-0.2, -0.15) is 5.10 Å². The molecule has 80 valence electrons. The van der Waals surface area contributed by atoms with Crippen LogP contribution in [0.3, 0.4) is 0 Å². The molecule has 0 saturated carbocycles. The highest BCUT2D eigenvalue weighted by molar-refractivity contribution is 6.00. The zero-order valence-corrected chi connectivity index (χ0v) is 8.46. The van der Waals surface area contributed by atoms with Crippen LogP contribution in [0.2, 0.25) is 0 Å². The summed E-state index contributed by atoms with van der Waals surface area (Å²) in [5, 5.41) is 14.5. The first-order valence-corrected chi connectivity index (χ1v) is 4.67. The number of pyridine rings is 1. The van der Waals surface area contributed by atoms with Crippen molar-refractivity contribution in [3.63, 3.8) is 0 Å². The zero-order valence-electron chi connectivity index (χ0n) is 8.46. The highest BCUT2D eigenvalue weighted by atomic mass is 16.5. The normalized spacial score (nSPS) is 11.2. The van der Waals surface area contributed by atoms with Gasteiger partial charge in [0.1, 0.15) is 0 Å². The number of hydrazone groups is 1. The number of hydroxylamine groups is 1. The smallest absolute Gasteiger partial charge is 0.219 e. The Labute approximate surface area is 88.0 Å². The molecule has 0 N–H and O–H groups in total. The van der Waals surface area contributed by atoms with Gasteiger partial charge >= 0.3 is 0 Å². The summed E-state index contributed by atoms with van der Waals surface area (Å²) in [7, 11) is 0. The molecule has 1 aromatic rings. The van der Waals surface area contributed by atoms with Crippen molar-refractivity contribution in [2.75, 3.05) is 0 Å². The van der Waals surface area contributed by atoms with E-state index >= 15 is 0 Å². The van der Waals surface area contributed by atoms with Crippen molar-refractivity contribution in [3.05, 3.63) is 35.3 Å². The third kappa shape index (κ3) is 3.47. The van der Waals surface area contributed by atoms with E-state index in [9.17, 15) is 10.0 Å². The van der Waals surface area contributed by atoms with E-state index in [1.165, 1.54) is 0 Å². The van der Waals surface area contributed by atoms with Gasteiger partial charge in [-0.05, 0) is 18.6 Å². The van der Waals surface area contributed by atoms with Crippen LogP contribution in [0.25, 0.3) is 0 Å². The number of amides is 1. The van der Waals surface area contributed by atoms with Crippen molar-refractivity contribution < 1.29 is 4.79 Å². The molecule has 0 atom stereocenters. The van der Waals surface area contributed by atoms with Crippen molar-refractivity contribution in [3.8, 4) is 0 Å². The summed E-state index contributed by atoms with van der Waals surface area (Å²) in [5.41, 5.74) is 1.41. The van der Waals surface area contributed by atoms with Gasteiger partial charge < -0.3 is 10.4 Å². The largest absolute Gasteiger partial charge is 0.735 e. The van der Waals surface area contributed by atoms with Crippen molar-refractivity contribution in [2.45, 2.75) is 19.8 Å². The standard InChI is InChI=1S/C10H12N3O2/c1-2-3-10(12-13(15)8-14)9-4-6-11-7-5-9/h4-8H,2-3H2,1H3/q-1. The van der Waals surface area contributed by atoms with Crippen LogP contribution in [0.1, 0.15) is 25.3 Å². The van der Waals surface area contributed by atoms with Gasteiger partial charge in [-0.25, -0.2) is 0 Å². The number of hydrogen-bond acceptors (Lipinski definition) is 4. The maximum Gasteiger partial charge on any atom is 0.219 e. The van der Waals surface area contributed by atoms with E-state index in [-0.39, 0.29) is 11.6 Å². The van der Waals surface area contributed by atoms with Crippen LogP contribution in [-0.2, 0) is 4.79 Å². The van der Waals surface area contributed by atoms with Crippen LogP contribution >= 0.6 is 0 Å². The van der Waals surface area contributed by atoms with Crippen LogP contribution in [0.15, 0.2) is 29.6 Å². The summed E-state index contributed by atoms with van der Waals surface area (Å²) in [6.45, 7) is 1.98. The lowest BCUT2D eigenvalue weighted by Crippen LogP contribution is -2.11. The van der Waals surface area contributed by atoms with Gasteiger partial charge in [0, 0.05) is 18.0 Å². The molecule has 1 aromatic heterocycles. The molecule has 1 rings (SSSR count). The second kappa shape index (κ2) is 5.87. The molecule has 15 heavy (non-hydrogen) atoms. The molecule has 0 bridgehead atoms. The maximum atomic E-state index is 10.8. The molecule has 0 aliphatic heterocycles. The Morgan fingerprint density at radius 2 is 2.27 bits per heavy atom. The first kappa shape index (κ1) is 11.3. The number of nitrogens with zero attached hydrogens (tertiary/aromatic N) is 3. The first-order valence-electron chi connectivity index (χ1n) is 4.67. The summed E-state index contributed by atoms with van der Waals surface area (Å²) in [4.78, 5) is 14.0. The molecule has 0 unspecified atom stereocenters. The summed E-state index contributed by atoms with van der Waals surface area (Å²) in [5.74, 6) is 0. The van der Waals surface area contributed by atoms with Gasteiger partial charge in [0.05, 0.1) is 5.71 Å². The molecule has 0 aliphatic rings. The Morgan fingerprint density at radius 1 is 1.60 bits per heavy atom. The van der Waals surface area contributed by atoms with E-state index in [1.54, 1.807) is 24.5 Å². The number of carbonyl (C=O) groups is 1. The Morgan fingerprint density at radius 3 is 2.80 bits per heavy atom. The lowest BCUT2D eigenvalue weighted by Gasteiger charge is -2.17. The summed E-state index contributed by atoms with van der Waals surface area (Å²) in [6, 6.07) is 3.51. The zero-order chi connectivity index (χ0) is 11.1. The molecule has 0 aliphatic carbocycles. The van der Waals surface area contributed by atoms with Crippen LogP contribution < -0.4 is 0 Å². The van der Waals surface area contributed by atoms with E-state index in [4.69, 9.17) is 0 Å². The van der Waals surface area contributed by atoms with Gasteiger partial charge in [0.15, 0.2) is 0 Å². The van der Waals surface area contributed by atoms with Gasteiger partial charge in [-0.1, -0.05) is 13.3 Å². The number of rotatable bonds is 5. The topological polar surface area (TPSA) is 68.6 Å². The van der Waals surface area contributed by atoms with Crippen LogP contribution in [0.5, 0.6) is 0 Å². The average molecular weight is 206 g/mol. The van der Waals surface area contributed by atoms with Gasteiger partial charge in [-0.3, -0.25) is 9.78 Å². The molecule has 0 aromatic carbocycles. The van der Waals surface area contributed by atoms with E-state index in [0.29, 0.717) is 12.1 Å². The molecule has 5 heteroatoms. The molecule has 0 saturated heterocycles. The van der Waals surface area contributed by atoms with Crippen LogP contribution in [0, 0.1) is 5.21 Å². The SMILES string of the molecule is CCCC(=NN([O-])C=O)c1ccncc1. The van der Waals surface area contributed by atoms with E-state index in [1.807, 2.05) is 6.92 Å². The minimum absolute atomic E-state index is 0.0332. The lowest BCUT2D eigenvalue weighted by atomic mass is 10.1. The molecule has 0 fully saturated rings. The molecule has 0 spiro atoms. The highest BCUT2D eigenvalue weighted by Gasteiger charge is 2.02. The third-order valence-corrected chi connectivity index (χ3v) is 1.81. The monoisotopic (exact) mass is 206 g/mol. The lowest BCUT2D eigenvalue weighted by molar-refractivity contribution is -0.115. The molecular formula is C10H12N3O2-. The van der Waals surface area contributed by atoms with Gasteiger partial charge in [0.25, 0.3) is 0 Å². The minimum Gasteiger partial charge on any atom is -0.735 e. The van der Waals surface area contributed by atoms with Crippen LogP contribution in [-0.4, -0.2) is 22.3 Å². The molecule has 0 radical (unpaired) electrons. The average Bonchev–Trinajstić information content (AvgIpc) is 2.29. The molecular weight excluding hydrogens is 194 g/mol. The van der Waals surface area contributed by atoms with Crippen molar-refractivity contribution in [2.24, 2.45) is 5.10 Å². The summed E-state index contributed by atoms with van der Waals surface area (Å²) in [6.07, 6.45) is 4.88. The highest BCUT2D eigenvalue weighted by Crippen LogP contribution is 2.06. The number of hydrogen-bond donors (Lipinski definition) is 0. The fourth-order valence-electron chi connectivity index (χ4n) is 1.18. The number of carbonyl (C=O) groups excluding carboxylic acids is 1. The second-order valence-corrected chi connectivity index (χ2v) is 2.94. The Kier molecular flexibility index (Phi) is 4.43. The quantitative estimate of drug-likeness (QED) is 0.417. The predicted molar refractivity (Wildman–Crippen MR) is 57.0 cm³/mol. The summed E-state index contributed by atoms with van der Waals surface area (Å²) < 4.78 is 0.